The van der Waals surface area contributed by atoms with E-state index in [0.29, 0.717) is 16.8 Å². The number of rotatable bonds is 5. The van der Waals surface area contributed by atoms with Gasteiger partial charge in [-0.3, -0.25) is 29.0 Å². The van der Waals surface area contributed by atoms with Crippen LogP contribution in [0.25, 0.3) is 6.08 Å². The Morgan fingerprint density at radius 3 is 2.40 bits per heavy atom. The van der Waals surface area contributed by atoms with E-state index in [1.54, 1.807) is 30.3 Å². The maximum atomic E-state index is 14.1. The van der Waals surface area contributed by atoms with Crippen molar-refractivity contribution < 1.29 is 29.0 Å². The number of methoxy groups -OCH3 is 1. The number of phenols is 1. The summed E-state index contributed by atoms with van der Waals surface area (Å²) >= 11 is 24.0. The van der Waals surface area contributed by atoms with E-state index in [4.69, 9.17) is 39.5 Å². The Morgan fingerprint density at radius 1 is 1.10 bits per heavy atom. The quantitative estimate of drug-likeness (QED) is 0.189. The molecule has 12 heteroatoms. The Bertz CT molecular complexity index is 1610. The summed E-state index contributed by atoms with van der Waals surface area (Å²) in [4.78, 5) is 53.6. The molecule has 2 aliphatic heterocycles. The van der Waals surface area contributed by atoms with Crippen LogP contribution >= 0.6 is 50.7 Å². The summed E-state index contributed by atoms with van der Waals surface area (Å²) in [5, 5.41) is 10.4. The summed E-state index contributed by atoms with van der Waals surface area (Å²) in [7, 11) is 1.35. The van der Waals surface area contributed by atoms with E-state index in [0.717, 1.165) is 10.5 Å². The molecule has 1 saturated carbocycles. The van der Waals surface area contributed by atoms with Gasteiger partial charge < -0.3 is 9.84 Å². The number of aromatic hydroxyl groups is 1. The summed E-state index contributed by atoms with van der Waals surface area (Å²) in [6.07, 6.45) is 3.57. The lowest BCUT2D eigenvalue weighted by molar-refractivity contribution is -0.138. The molecule has 4 amide bonds. The molecule has 1 N–H and O–H groups in total. The lowest BCUT2D eigenvalue weighted by atomic mass is 9.56. The third kappa shape index (κ3) is 3.73. The minimum atomic E-state index is -1.99. The van der Waals surface area contributed by atoms with Crippen LogP contribution in [0.5, 0.6) is 11.5 Å². The van der Waals surface area contributed by atoms with E-state index in [1.807, 2.05) is 6.08 Å². The molecule has 0 radical (unpaired) electrons. The average molecular weight is 695 g/mol. The zero-order valence-electron chi connectivity index (χ0n) is 22.2. The number of phenolic OH excluding ortho intramolecular Hbond substituents is 1. The molecule has 0 bridgehead atoms. The third-order valence-electron chi connectivity index (χ3n) is 9.01. The van der Waals surface area contributed by atoms with Gasteiger partial charge in [0.05, 0.1) is 35.1 Å². The van der Waals surface area contributed by atoms with Gasteiger partial charge in [0.15, 0.2) is 21.2 Å². The minimum absolute atomic E-state index is 0.0322. The van der Waals surface area contributed by atoms with Crippen molar-refractivity contribution in [1.29, 1.82) is 0 Å². The van der Waals surface area contributed by atoms with E-state index in [-0.39, 0.29) is 40.7 Å². The first-order valence-electron chi connectivity index (χ1n) is 13.1. The van der Waals surface area contributed by atoms with Crippen molar-refractivity contribution in [3.05, 3.63) is 70.8 Å². The summed E-state index contributed by atoms with van der Waals surface area (Å²) in [6, 6.07) is 9.84. The highest BCUT2D eigenvalue weighted by atomic mass is 79.9. The zero-order chi connectivity index (χ0) is 30.3. The molecule has 218 valence electrons. The average Bonchev–Trinajstić information content (AvgIpc) is 3.32. The van der Waals surface area contributed by atoms with E-state index in [2.05, 4.69) is 22.5 Å². The number of halogens is 4. The van der Waals surface area contributed by atoms with Gasteiger partial charge in [0, 0.05) is 5.92 Å². The van der Waals surface area contributed by atoms with E-state index >= 15 is 0 Å². The number of allylic oxidation sites excluding steroid dienone is 2. The lowest BCUT2D eigenvalue weighted by Gasteiger charge is -2.50. The van der Waals surface area contributed by atoms with Crippen LogP contribution in [-0.4, -0.2) is 55.9 Å². The number of nitrogens with zero attached hydrogens (tertiary/aromatic N) is 2. The van der Waals surface area contributed by atoms with E-state index in [1.165, 1.54) is 24.1 Å². The Labute approximate surface area is 265 Å². The van der Waals surface area contributed by atoms with Crippen LogP contribution in [0.4, 0.5) is 5.69 Å². The fourth-order valence-electron chi connectivity index (χ4n) is 7.06. The molecule has 3 fully saturated rings. The number of benzene rings is 2. The predicted molar refractivity (Wildman–Crippen MR) is 162 cm³/mol. The number of carbonyl (C=O) groups is 4. The highest BCUT2D eigenvalue weighted by molar-refractivity contribution is 9.09. The Balaban J connectivity index is 1.52. The highest BCUT2D eigenvalue weighted by Gasteiger charge is 2.76. The largest absolute Gasteiger partial charge is 0.503 e. The van der Waals surface area contributed by atoms with Crippen molar-refractivity contribution >= 4 is 86.1 Å². The number of fused-ring (bicyclic) bond motifs is 4. The smallest absolute Gasteiger partial charge is 0.254 e. The molecule has 8 nitrogen and oxygen atoms in total. The van der Waals surface area contributed by atoms with Crippen molar-refractivity contribution in [2.24, 2.45) is 17.8 Å². The summed E-state index contributed by atoms with van der Waals surface area (Å²) < 4.78 is 5.32. The molecule has 6 atom stereocenters. The maximum absolute atomic E-state index is 14.1. The first-order valence-corrected chi connectivity index (χ1v) is 15.4. The van der Waals surface area contributed by atoms with Crippen LogP contribution in [0.1, 0.15) is 29.9 Å². The van der Waals surface area contributed by atoms with Crippen LogP contribution < -0.4 is 9.64 Å². The standard InChI is InChI=1S/C30H24BrCl3N2O6/c1-3-14-4-6-16(7-5-14)36-25(38)18-9-8-17-19(22(18)26(36)39)12-29(33)27(40)35(13-31)28(41)30(29,34)23(17)15-10-20(32)24(37)21(11-15)42-2/h3-8,10-11,18-19,22-23,37H,1,9,12-13H2,2H3. The molecule has 2 heterocycles. The second kappa shape index (κ2) is 10.1. The summed E-state index contributed by atoms with van der Waals surface area (Å²) in [6.45, 7) is 3.74. The molecule has 2 saturated heterocycles. The topological polar surface area (TPSA) is 104 Å². The predicted octanol–water partition coefficient (Wildman–Crippen LogP) is 5.61. The fraction of sp³-hybridized carbons (Fsp3) is 0.333. The number of imide groups is 2. The van der Waals surface area contributed by atoms with Crippen LogP contribution in [0.2, 0.25) is 5.02 Å². The monoisotopic (exact) mass is 692 g/mol. The SMILES string of the molecule is C=Cc1ccc(N2C(=O)C3CC=C4C(CC5(Cl)C(=O)N(CBr)C(=O)C5(Cl)C4c4cc(Cl)c(O)c(OC)c4)C3C2=O)cc1. The van der Waals surface area contributed by atoms with Gasteiger partial charge in [0.2, 0.25) is 11.8 Å². The second-order valence-corrected chi connectivity index (χ2v) is 13.0. The number of alkyl halides is 3. The number of amides is 4. The maximum Gasteiger partial charge on any atom is 0.254 e. The van der Waals surface area contributed by atoms with Crippen LogP contribution in [0, 0.1) is 17.8 Å². The molecule has 0 spiro atoms. The molecule has 6 rings (SSSR count). The van der Waals surface area contributed by atoms with Gasteiger partial charge in [0.1, 0.15) is 0 Å². The summed E-state index contributed by atoms with van der Waals surface area (Å²) in [5.74, 6) is -5.69. The number of ether oxygens (including phenoxy) is 1. The molecule has 2 aromatic rings. The fourth-order valence-corrected chi connectivity index (χ4v) is 8.70. The second-order valence-electron chi connectivity index (χ2n) is 10.8. The third-order valence-corrected chi connectivity index (χ3v) is 11.2. The van der Waals surface area contributed by atoms with Crippen molar-refractivity contribution in [1.82, 2.24) is 4.90 Å². The van der Waals surface area contributed by atoms with Crippen LogP contribution in [-0.2, 0) is 19.2 Å². The zero-order valence-corrected chi connectivity index (χ0v) is 26.0. The number of likely N-dealkylation sites (tertiary alicyclic amines) is 1. The Morgan fingerprint density at radius 2 is 1.79 bits per heavy atom. The van der Waals surface area contributed by atoms with Crippen molar-refractivity contribution in [3.63, 3.8) is 0 Å². The van der Waals surface area contributed by atoms with Crippen molar-refractivity contribution in [3.8, 4) is 11.5 Å². The number of hydrogen-bond acceptors (Lipinski definition) is 6. The number of carbonyl (C=O) groups excluding carboxylic acids is 4. The Hall–Kier alpha value is -2.85. The van der Waals surface area contributed by atoms with Gasteiger partial charge >= 0.3 is 0 Å². The normalized spacial score (nSPS) is 32.0. The lowest BCUT2D eigenvalue weighted by Crippen LogP contribution is -2.60. The molecule has 6 unspecified atom stereocenters. The molecular weight excluding hydrogens is 671 g/mol. The van der Waals surface area contributed by atoms with Crippen LogP contribution in [0.3, 0.4) is 0 Å². The van der Waals surface area contributed by atoms with Gasteiger partial charge in [-0.25, -0.2) is 0 Å². The van der Waals surface area contributed by atoms with Crippen LogP contribution in [0.15, 0.2) is 54.6 Å². The first-order chi connectivity index (χ1) is 19.9. The van der Waals surface area contributed by atoms with Gasteiger partial charge in [-0.15, -0.1) is 23.2 Å². The molecule has 2 aliphatic carbocycles. The van der Waals surface area contributed by atoms with E-state index in [9.17, 15) is 24.3 Å². The molecular formula is C30H24BrCl3N2O6. The highest BCUT2D eigenvalue weighted by Crippen LogP contribution is 2.66. The molecule has 4 aliphatic rings. The number of anilines is 1. The van der Waals surface area contributed by atoms with Gasteiger partial charge in [-0.05, 0) is 54.2 Å². The molecule has 42 heavy (non-hydrogen) atoms. The van der Waals surface area contributed by atoms with Gasteiger partial charge in [-0.1, -0.05) is 64.0 Å². The molecule has 2 aromatic carbocycles. The molecule has 0 aromatic heterocycles. The van der Waals surface area contributed by atoms with Gasteiger partial charge in [0.25, 0.3) is 11.8 Å². The Kier molecular flexibility index (Phi) is 7.04. The summed E-state index contributed by atoms with van der Waals surface area (Å²) in [5.41, 5.74) is 2.10. The minimum Gasteiger partial charge on any atom is -0.503 e. The van der Waals surface area contributed by atoms with Crippen molar-refractivity contribution in [2.45, 2.75) is 28.5 Å². The van der Waals surface area contributed by atoms with Crippen molar-refractivity contribution in [2.75, 3.05) is 17.5 Å². The first kappa shape index (κ1) is 29.2. The van der Waals surface area contributed by atoms with Gasteiger partial charge in [-0.2, -0.15) is 0 Å². The number of hydrogen-bond donors (Lipinski definition) is 1. The van der Waals surface area contributed by atoms with E-state index < -0.39 is 51.1 Å².